The molecule has 18 heavy (non-hydrogen) atoms. The average Bonchev–Trinajstić information content (AvgIpc) is 3.10. The van der Waals surface area contributed by atoms with Gasteiger partial charge in [0.25, 0.3) is 0 Å². The minimum Gasteiger partial charge on any atom is -0.316 e. The summed E-state index contributed by atoms with van der Waals surface area (Å²) in [6.07, 6.45) is 3.05. The maximum Gasteiger partial charge on any atom is 0.147 e. The van der Waals surface area contributed by atoms with Crippen LogP contribution >= 0.6 is 0 Å². The first-order valence-corrected chi connectivity index (χ1v) is 5.43. The van der Waals surface area contributed by atoms with Crippen LogP contribution < -0.4 is 5.73 Å². The number of nitrogens with one attached hydrogen (secondary N) is 1. The molecule has 2 heterocycles. The summed E-state index contributed by atoms with van der Waals surface area (Å²) >= 11 is 0. The number of aromatic amines is 1. The van der Waals surface area contributed by atoms with E-state index in [1.807, 2.05) is 30.3 Å². The Labute approximate surface area is 103 Å². The molecule has 0 aliphatic rings. The number of nitrogens with two attached hydrogens (primary N) is 1. The van der Waals surface area contributed by atoms with Gasteiger partial charge in [-0.3, -0.25) is 5.10 Å². The van der Waals surface area contributed by atoms with E-state index in [-0.39, 0.29) is 0 Å². The van der Waals surface area contributed by atoms with Crippen LogP contribution in [0.5, 0.6) is 0 Å². The molecule has 3 N–H and O–H groups in total. The third-order valence-corrected chi connectivity index (χ3v) is 2.62. The fourth-order valence-corrected chi connectivity index (χ4v) is 1.73. The quantitative estimate of drug-likeness (QED) is 0.693. The van der Waals surface area contributed by atoms with E-state index in [0.717, 1.165) is 11.4 Å². The number of hydrogen-bond acceptors (Lipinski definition) is 5. The van der Waals surface area contributed by atoms with Crippen molar-refractivity contribution in [3.05, 3.63) is 54.4 Å². The monoisotopic (exact) mass is 241 g/mol. The Balaban J connectivity index is 2.02. The zero-order valence-electron chi connectivity index (χ0n) is 9.43. The van der Waals surface area contributed by atoms with Gasteiger partial charge in [-0.15, -0.1) is 5.10 Å². The van der Waals surface area contributed by atoms with E-state index >= 15 is 0 Å². The molecule has 3 rings (SSSR count). The van der Waals surface area contributed by atoms with E-state index in [1.165, 1.54) is 6.33 Å². The van der Waals surface area contributed by atoms with Crippen molar-refractivity contribution in [3.63, 3.8) is 0 Å². The van der Waals surface area contributed by atoms with E-state index < -0.39 is 6.04 Å². The van der Waals surface area contributed by atoms with Gasteiger partial charge in [-0.25, -0.2) is 9.67 Å². The van der Waals surface area contributed by atoms with Gasteiger partial charge in [-0.05, 0) is 12.1 Å². The zero-order valence-corrected chi connectivity index (χ0v) is 9.43. The normalized spacial score (nSPS) is 12.5. The van der Waals surface area contributed by atoms with Crippen molar-refractivity contribution < 1.29 is 0 Å². The molecule has 0 fully saturated rings. The summed E-state index contributed by atoms with van der Waals surface area (Å²) in [5.74, 6) is 0.578. The molecular weight excluding hydrogens is 230 g/mol. The lowest BCUT2D eigenvalue weighted by Gasteiger charge is -2.10. The number of rotatable bonds is 3. The number of nitrogens with zero attached hydrogens (tertiary/aromatic N) is 5. The number of para-hydroxylation sites is 1. The third-order valence-electron chi connectivity index (χ3n) is 2.62. The molecule has 0 amide bonds. The number of benzene rings is 1. The second kappa shape index (κ2) is 4.38. The van der Waals surface area contributed by atoms with E-state index in [1.54, 1.807) is 10.9 Å². The van der Waals surface area contributed by atoms with Crippen LogP contribution in [0.4, 0.5) is 0 Å². The molecular formula is C11H11N7. The van der Waals surface area contributed by atoms with E-state index in [9.17, 15) is 0 Å². The first kappa shape index (κ1) is 10.6. The van der Waals surface area contributed by atoms with Gasteiger partial charge in [-0.2, -0.15) is 5.10 Å². The molecule has 0 saturated carbocycles. The fourth-order valence-electron chi connectivity index (χ4n) is 1.73. The molecule has 1 aromatic carbocycles. The summed E-state index contributed by atoms with van der Waals surface area (Å²) in [6, 6.07) is 9.23. The third kappa shape index (κ3) is 1.76. The lowest BCUT2D eigenvalue weighted by Crippen LogP contribution is -2.18. The second-order valence-corrected chi connectivity index (χ2v) is 3.75. The van der Waals surface area contributed by atoms with Crippen molar-refractivity contribution >= 4 is 0 Å². The highest BCUT2D eigenvalue weighted by atomic mass is 15.4. The van der Waals surface area contributed by atoms with Crippen molar-refractivity contribution in [2.75, 3.05) is 0 Å². The van der Waals surface area contributed by atoms with Crippen molar-refractivity contribution in [3.8, 4) is 5.69 Å². The van der Waals surface area contributed by atoms with Gasteiger partial charge < -0.3 is 5.73 Å². The van der Waals surface area contributed by atoms with Crippen LogP contribution in [-0.2, 0) is 0 Å². The summed E-state index contributed by atoms with van der Waals surface area (Å²) in [4.78, 5) is 4.05. The summed E-state index contributed by atoms with van der Waals surface area (Å²) in [6.45, 7) is 0. The average molecular weight is 241 g/mol. The highest BCUT2D eigenvalue weighted by molar-refractivity contribution is 5.33. The van der Waals surface area contributed by atoms with Crippen molar-refractivity contribution in [1.29, 1.82) is 0 Å². The molecule has 1 unspecified atom stereocenters. The first-order chi connectivity index (χ1) is 8.86. The van der Waals surface area contributed by atoms with Crippen LogP contribution in [-0.4, -0.2) is 30.2 Å². The zero-order chi connectivity index (χ0) is 12.4. The first-order valence-electron chi connectivity index (χ1n) is 5.43. The maximum atomic E-state index is 6.11. The second-order valence-electron chi connectivity index (χ2n) is 3.75. The number of H-pyrrole nitrogens is 1. The van der Waals surface area contributed by atoms with Crippen molar-refractivity contribution in [1.82, 2.24) is 30.2 Å². The van der Waals surface area contributed by atoms with Crippen LogP contribution in [0.25, 0.3) is 5.69 Å². The number of aromatic nitrogens is 6. The molecule has 0 radical (unpaired) electrons. The minimum absolute atomic E-state index is 0.442. The highest BCUT2D eigenvalue weighted by Crippen LogP contribution is 2.17. The molecule has 0 bridgehead atoms. The molecule has 0 spiro atoms. The Hall–Kier alpha value is -2.54. The van der Waals surface area contributed by atoms with Gasteiger partial charge in [0, 0.05) is 0 Å². The molecule has 7 heteroatoms. The molecule has 7 nitrogen and oxygen atoms in total. The SMILES string of the molecule is NC(c1ncn[nH]1)c1cnnn1-c1ccccc1. The Bertz CT molecular complexity index is 614. The Morgan fingerprint density at radius 1 is 1.22 bits per heavy atom. The Morgan fingerprint density at radius 2 is 2.06 bits per heavy atom. The summed E-state index contributed by atoms with van der Waals surface area (Å²) in [5, 5.41) is 14.5. The Morgan fingerprint density at radius 3 is 2.78 bits per heavy atom. The van der Waals surface area contributed by atoms with Gasteiger partial charge in [-0.1, -0.05) is 23.4 Å². The van der Waals surface area contributed by atoms with Crippen LogP contribution in [0, 0.1) is 0 Å². The Kier molecular flexibility index (Phi) is 2.58. The van der Waals surface area contributed by atoms with E-state index in [2.05, 4.69) is 25.5 Å². The molecule has 2 aromatic heterocycles. The minimum atomic E-state index is -0.442. The standard InChI is InChI=1S/C11H11N7/c12-10(11-13-7-15-16-11)9-6-14-17-18(9)8-4-2-1-3-5-8/h1-7,10H,12H2,(H,13,15,16). The van der Waals surface area contributed by atoms with Gasteiger partial charge in [0.1, 0.15) is 18.2 Å². The smallest absolute Gasteiger partial charge is 0.147 e. The van der Waals surface area contributed by atoms with Crippen LogP contribution in [0.15, 0.2) is 42.9 Å². The predicted molar refractivity (Wildman–Crippen MR) is 63.8 cm³/mol. The summed E-state index contributed by atoms with van der Waals surface area (Å²) in [5.41, 5.74) is 7.76. The van der Waals surface area contributed by atoms with Gasteiger partial charge in [0.15, 0.2) is 0 Å². The summed E-state index contributed by atoms with van der Waals surface area (Å²) < 4.78 is 1.69. The van der Waals surface area contributed by atoms with E-state index in [0.29, 0.717) is 5.82 Å². The topological polar surface area (TPSA) is 98.3 Å². The molecule has 0 aliphatic heterocycles. The van der Waals surface area contributed by atoms with Gasteiger partial charge >= 0.3 is 0 Å². The van der Waals surface area contributed by atoms with Gasteiger partial charge in [0.05, 0.1) is 17.6 Å². The van der Waals surface area contributed by atoms with Crippen molar-refractivity contribution in [2.45, 2.75) is 6.04 Å². The van der Waals surface area contributed by atoms with Crippen LogP contribution in [0.2, 0.25) is 0 Å². The fraction of sp³-hybridized carbons (Fsp3) is 0.0909. The molecule has 0 aliphatic carbocycles. The molecule has 0 saturated heterocycles. The van der Waals surface area contributed by atoms with Crippen molar-refractivity contribution in [2.24, 2.45) is 5.73 Å². The van der Waals surface area contributed by atoms with Gasteiger partial charge in [0.2, 0.25) is 0 Å². The molecule has 1 atom stereocenters. The molecule has 90 valence electrons. The number of hydrogen-bond donors (Lipinski definition) is 2. The maximum absolute atomic E-state index is 6.11. The molecule has 3 aromatic rings. The largest absolute Gasteiger partial charge is 0.316 e. The lowest BCUT2D eigenvalue weighted by molar-refractivity contribution is 0.692. The van der Waals surface area contributed by atoms with Crippen LogP contribution in [0.1, 0.15) is 17.6 Å². The predicted octanol–water partition coefficient (Wildman–Crippen LogP) is 0.433. The summed E-state index contributed by atoms with van der Waals surface area (Å²) in [7, 11) is 0. The lowest BCUT2D eigenvalue weighted by atomic mass is 10.2. The highest BCUT2D eigenvalue weighted by Gasteiger charge is 2.18. The van der Waals surface area contributed by atoms with Crippen LogP contribution in [0.3, 0.4) is 0 Å². The van der Waals surface area contributed by atoms with E-state index in [4.69, 9.17) is 5.73 Å².